The summed E-state index contributed by atoms with van der Waals surface area (Å²) in [4.78, 5) is 15.5. The molecule has 0 aliphatic rings. The van der Waals surface area contributed by atoms with Crippen molar-refractivity contribution in [2.45, 2.75) is 9.92 Å². The molecule has 0 spiro atoms. The fraction of sp³-hybridized carbons (Fsp3) is 0. The first-order chi connectivity index (χ1) is 9.56. The highest BCUT2D eigenvalue weighted by molar-refractivity contribution is 7.99. The quantitative estimate of drug-likeness (QED) is 0.546. The van der Waals surface area contributed by atoms with Gasteiger partial charge in [-0.05, 0) is 23.1 Å². The van der Waals surface area contributed by atoms with E-state index in [1.54, 1.807) is 11.6 Å². The van der Waals surface area contributed by atoms with Crippen molar-refractivity contribution in [1.29, 1.82) is 0 Å². The van der Waals surface area contributed by atoms with Gasteiger partial charge < -0.3 is 10.1 Å². The minimum absolute atomic E-state index is 0.146. The van der Waals surface area contributed by atoms with Crippen LogP contribution in [0.3, 0.4) is 0 Å². The lowest BCUT2D eigenvalue weighted by atomic mass is 10.3. The number of imidazole rings is 1. The Hall–Kier alpha value is -2.00. The first-order valence-electron chi connectivity index (χ1n) is 5.29. The average molecular weight is 313 g/mol. The average Bonchev–Trinajstić information content (AvgIpc) is 2.93. The highest BCUT2D eigenvalue weighted by atomic mass is 32.2. The summed E-state index contributed by atoms with van der Waals surface area (Å²) in [5.74, 6) is -2.15. The molecular weight excluding hydrogens is 308 g/mol. The third-order valence-electron chi connectivity index (χ3n) is 2.48. The minimum Gasteiger partial charge on any atom is -0.358 e. The highest BCUT2D eigenvalue weighted by Gasteiger charge is 2.24. The van der Waals surface area contributed by atoms with Gasteiger partial charge in [0.2, 0.25) is 5.03 Å². The maximum absolute atomic E-state index is 13.1. The highest BCUT2D eigenvalue weighted by Crippen LogP contribution is 2.36. The summed E-state index contributed by atoms with van der Waals surface area (Å²) in [6.45, 7) is 0. The molecule has 0 bridgehead atoms. The number of nitrogens with zero attached hydrogens (tertiary/aromatic N) is 3. The summed E-state index contributed by atoms with van der Waals surface area (Å²) < 4.78 is 27.3. The largest absolute Gasteiger partial charge is 0.363 e. The Morgan fingerprint density at radius 3 is 2.85 bits per heavy atom. The molecule has 0 N–H and O–H groups in total. The maximum Gasteiger partial charge on any atom is 0.363 e. The fourth-order valence-electron chi connectivity index (χ4n) is 1.64. The van der Waals surface area contributed by atoms with Crippen LogP contribution in [-0.4, -0.2) is 14.3 Å². The van der Waals surface area contributed by atoms with Crippen LogP contribution in [0.5, 0.6) is 0 Å². The van der Waals surface area contributed by atoms with Gasteiger partial charge >= 0.3 is 5.82 Å². The summed E-state index contributed by atoms with van der Waals surface area (Å²) in [7, 11) is 0. The summed E-state index contributed by atoms with van der Waals surface area (Å²) in [5, 5.41) is 12.9. The van der Waals surface area contributed by atoms with E-state index in [0.29, 0.717) is 9.86 Å². The van der Waals surface area contributed by atoms with E-state index in [4.69, 9.17) is 0 Å². The van der Waals surface area contributed by atoms with Crippen molar-refractivity contribution in [1.82, 2.24) is 9.38 Å². The molecule has 2 aromatic heterocycles. The van der Waals surface area contributed by atoms with E-state index in [1.807, 2.05) is 0 Å². The van der Waals surface area contributed by atoms with Gasteiger partial charge in [0, 0.05) is 10.3 Å². The van der Waals surface area contributed by atoms with Crippen LogP contribution in [0.4, 0.5) is 14.6 Å². The molecule has 0 fully saturated rings. The molecule has 0 amide bonds. The number of fused-ring (bicyclic) bond motifs is 1. The number of aromatic nitrogens is 2. The molecule has 0 unspecified atom stereocenters. The van der Waals surface area contributed by atoms with E-state index in [1.165, 1.54) is 21.8 Å². The van der Waals surface area contributed by atoms with Crippen molar-refractivity contribution in [2.75, 3.05) is 0 Å². The number of nitro groups is 1. The second-order valence-corrected chi connectivity index (χ2v) is 5.67. The van der Waals surface area contributed by atoms with Gasteiger partial charge in [0.05, 0.1) is 0 Å². The summed E-state index contributed by atoms with van der Waals surface area (Å²) in [6.07, 6.45) is 1.54. The first-order valence-corrected chi connectivity index (χ1v) is 6.98. The van der Waals surface area contributed by atoms with E-state index >= 15 is 0 Å². The van der Waals surface area contributed by atoms with E-state index in [0.717, 1.165) is 23.9 Å². The van der Waals surface area contributed by atoms with Gasteiger partial charge in [-0.1, -0.05) is 23.1 Å². The summed E-state index contributed by atoms with van der Waals surface area (Å²) >= 11 is 2.18. The van der Waals surface area contributed by atoms with Crippen LogP contribution in [0.15, 0.2) is 39.7 Å². The molecule has 0 radical (unpaired) electrons. The van der Waals surface area contributed by atoms with Crippen LogP contribution in [0.1, 0.15) is 0 Å². The molecule has 9 heteroatoms. The Kier molecular flexibility index (Phi) is 3.14. The third kappa shape index (κ3) is 2.14. The molecule has 0 saturated heterocycles. The zero-order chi connectivity index (χ0) is 14.3. The lowest BCUT2D eigenvalue weighted by Crippen LogP contribution is -1.93. The number of hydrogen-bond donors (Lipinski definition) is 0. The fourth-order valence-corrected chi connectivity index (χ4v) is 3.33. The van der Waals surface area contributed by atoms with E-state index in [-0.39, 0.29) is 10.8 Å². The number of benzene rings is 1. The normalized spacial score (nSPS) is 11.1. The molecule has 5 nitrogen and oxygen atoms in total. The lowest BCUT2D eigenvalue weighted by Gasteiger charge is -2.00. The monoisotopic (exact) mass is 313 g/mol. The Labute approximate surface area is 119 Å². The Morgan fingerprint density at radius 1 is 1.35 bits per heavy atom. The van der Waals surface area contributed by atoms with Crippen molar-refractivity contribution >= 4 is 33.9 Å². The molecule has 0 saturated carbocycles. The van der Waals surface area contributed by atoms with Gasteiger partial charge in [0.15, 0.2) is 11.6 Å². The maximum atomic E-state index is 13.1. The van der Waals surface area contributed by atoms with E-state index in [2.05, 4.69) is 4.98 Å². The number of thiazole rings is 1. The minimum atomic E-state index is -1.00. The molecule has 20 heavy (non-hydrogen) atoms. The smallest absolute Gasteiger partial charge is 0.358 e. The molecule has 0 aliphatic carbocycles. The molecule has 3 aromatic rings. The molecule has 2 heterocycles. The zero-order valence-electron chi connectivity index (χ0n) is 9.62. The Bertz CT molecular complexity index is 815. The molecule has 0 atom stereocenters. The van der Waals surface area contributed by atoms with Gasteiger partial charge in [-0.3, -0.25) is 0 Å². The van der Waals surface area contributed by atoms with Crippen LogP contribution < -0.4 is 0 Å². The second kappa shape index (κ2) is 4.84. The van der Waals surface area contributed by atoms with Crippen molar-refractivity contribution in [3.63, 3.8) is 0 Å². The van der Waals surface area contributed by atoms with Crippen LogP contribution >= 0.6 is 23.1 Å². The molecule has 1 aromatic carbocycles. The van der Waals surface area contributed by atoms with Gasteiger partial charge in [0.25, 0.3) is 4.96 Å². The SMILES string of the molecule is O=[N+]([O-])c1c(Sc2ccc(F)c(F)c2)nc2sccn12. The van der Waals surface area contributed by atoms with Crippen molar-refractivity contribution < 1.29 is 13.7 Å². The van der Waals surface area contributed by atoms with Gasteiger partial charge in [-0.15, -0.1) is 0 Å². The van der Waals surface area contributed by atoms with Gasteiger partial charge in [-0.25, -0.2) is 8.78 Å². The van der Waals surface area contributed by atoms with Crippen molar-refractivity contribution in [3.05, 3.63) is 51.5 Å². The summed E-state index contributed by atoms with van der Waals surface area (Å²) in [6, 6.07) is 3.30. The zero-order valence-corrected chi connectivity index (χ0v) is 11.3. The van der Waals surface area contributed by atoms with Crippen LogP contribution in [0.25, 0.3) is 4.96 Å². The molecule has 3 rings (SSSR count). The van der Waals surface area contributed by atoms with Crippen LogP contribution in [0, 0.1) is 21.7 Å². The molecule has 0 aliphatic heterocycles. The standard InChI is InChI=1S/C11H5F2N3O2S2/c12-7-2-1-6(5-8(7)13)20-9-10(16(17)18)15-3-4-19-11(15)14-9/h1-5H. The van der Waals surface area contributed by atoms with Crippen LogP contribution in [-0.2, 0) is 0 Å². The predicted molar refractivity (Wildman–Crippen MR) is 70.2 cm³/mol. The van der Waals surface area contributed by atoms with Crippen LogP contribution in [0.2, 0.25) is 0 Å². The Morgan fingerprint density at radius 2 is 2.15 bits per heavy atom. The number of hydrogen-bond acceptors (Lipinski definition) is 5. The molecule has 102 valence electrons. The topological polar surface area (TPSA) is 60.4 Å². The van der Waals surface area contributed by atoms with E-state index < -0.39 is 16.6 Å². The van der Waals surface area contributed by atoms with Crippen molar-refractivity contribution in [2.24, 2.45) is 0 Å². The molecular formula is C11H5F2N3O2S2. The Balaban J connectivity index is 2.05. The van der Waals surface area contributed by atoms with Gasteiger partial charge in [0.1, 0.15) is 6.20 Å². The first kappa shape index (κ1) is 13.0. The number of rotatable bonds is 3. The van der Waals surface area contributed by atoms with Gasteiger partial charge in [-0.2, -0.15) is 9.38 Å². The predicted octanol–water partition coefficient (Wildman–Crippen LogP) is 3.73. The van der Waals surface area contributed by atoms with E-state index in [9.17, 15) is 18.9 Å². The second-order valence-electron chi connectivity index (χ2n) is 3.73. The summed E-state index contributed by atoms with van der Waals surface area (Å²) in [5.41, 5.74) is 0. The van der Waals surface area contributed by atoms with Crippen molar-refractivity contribution in [3.8, 4) is 0 Å². The third-order valence-corrected chi connectivity index (χ3v) is 4.20. The lowest BCUT2D eigenvalue weighted by molar-refractivity contribution is -0.393. The number of halogens is 2.